The molecule has 104 valence electrons. The van der Waals surface area contributed by atoms with Crippen LogP contribution in [0.2, 0.25) is 0 Å². The van der Waals surface area contributed by atoms with Gasteiger partial charge in [-0.05, 0) is 31.2 Å². The van der Waals surface area contributed by atoms with E-state index in [0.29, 0.717) is 24.5 Å². The fourth-order valence-corrected chi connectivity index (χ4v) is 1.28. The van der Waals surface area contributed by atoms with Crippen LogP contribution in [0.3, 0.4) is 0 Å². The van der Waals surface area contributed by atoms with Crippen molar-refractivity contribution >= 4 is 17.7 Å². The summed E-state index contributed by atoms with van der Waals surface area (Å²) in [6.45, 7) is 2.59. The molecule has 6 nitrogen and oxygen atoms in total. The van der Waals surface area contributed by atoms with Crippen LogP contribution >= 0.6 is 0 Å². The maximum absolute atomic E-state index is 11.4. The van der Waals surface area contributed by atoms with Crippen molar-refractivity contribution < 1.29 is 23.8 Å². The fourth-order valence-electron chi connectivity index (χ4n) is 1.28. The predicted octanol–water partition coefficient (Wildman–Crippen LogP) is 2.06. The summed E-state index contributed by atoms with van der Waals surface area (Å²) < 4.78 is 14.4. The Kier molecular flexibility index (Phi) is 6.38. The molecule has 0 aliphatic rings. The first-order valence-corrected chi connectivity index (χ1v) is 5.87. The largest absolute Gasteiger partial charge is 0.462 e. The molecule has 0 aliphatic carbocycles. The summed E-state index contributed by atoms with van der Waals surface area (Å²) in [5.74, 6) is -0.392. The van der Waals surface area contributed by atoms with Gasteiger partial charge in [0.25, 0.3) is 0 Å². The van der Waals surface area contributed by atoms with E-state index in [-0.39, 0.29) is 6.61 Å². The average Bonchev–Trinajstić information content (AvgIpc) is 2.40. The monoisotopic (exact) mass is 267 g/mol. The van der Waals surface area contributed by atoms with Gasteiger partial charge in [0.1, 0.15) is 6.61 Å². The summed E-state index contributed by atoms with van der Waals surface area (Å²) in [5, 5.41) is 2.53. The lowest BCUT2D eigenvalue weighted by Crippen LogP contribution is -2.16. The molecule has 1 aromatic rings. The lowest BCUT2D eigenvalue weighted by atomic mass is 10.2. The first kappa shape index (κ1) is 15.0. The molecular formula is C13H17NO5. The van der Waals surface area contributed by atoms with Gasteiger partial charge in [0.2, 0.25) is 0 Å². The van der Waals surface area contributed by atoms with Crippen LogP contribution in [0.4, 0.5) is 10.5 Å². The van der Waals surface area contributed by atoms with Crippen molar-refractivity contribution in [3.63, 3.8) is 0 Å². The van der Waals surface area contributed by atoms with E-state index in [1.165, 1.54) is 7.11 Å². The third-order valence-corrected chi connectivity index (χ3v) is 2.16. The van der Waals surface area contributed by atoms with Crippen LogP contribution in [-0.4, -0.2) is 39.0 Å². The van der Waals surface area contributed by atoms with E-state index in [1.807, 2.05) is 0 Å². The molecule has 6 heteroatoms. The van der Waals surface area contributed by atoms with Crippen LogP contribution in [-0.2, 0) is 14.2 Å². The Labute approximate surface area is 111 Å². The Morgan fingerprint density at radius 2 is 1.79 bits per heavy atom. The third kappa shape index (κ3) is 5.39. The van der Waals surface area contributed by atoms with E-state index in [4.69, 9.17) is 14.2 Å². The predicted molar refractivity (Wildman–Crippen MR) is 69.2 cm³/mol. The number of hydrogen-bond acceptors (Lipinski definition) is 5. The van der Waals surface area contributed by atoms with Crippen LogP contribution in [0.1, 0.15) is 17.3 Å². The van der Waals surface area contributed by atoms with Crippen molar-refractivity contribution in [2.24, 2.45) is 0 Å². The van der Waals surface area contributed by atoms with E-state index in [1.54, 1.807) is 31.2 Å². The van der Waals surface area contributed by atoms with E-state index in [9.17, 15) is 9.59 Å². The highest BCUT2D eigenvalue weighted by Gasteiger charge is 2.07. The van der Waals surface area contributed by atoms with Crippen molar-refractivity contribution in [1.82, 2.24) is 0 Å². The standard InChI is InChI=1S/C13H17NO5/c1-3-18-12(15)10-4-6-11(7-5-10)14-13(16)19-9-8-17-2/h4-7H,3,8-9H2,1-2H3,(H,14,16). The first-order chi connectivity index (χ1) is 9.17. The molecule has 0 heterocycles. The number of benzene rings is 1. The van der Waals surface area contributed by atoms with Crippen molar-refractivity contribution in [2.45, 2.75) is 6.92 Å². The molecule has 0 fully saturated rings. The molecule has 0 saturated heterocycles. The van der Waals surface area contributed by atoms with E-state index >= 15 is 0 Å². The number of rotatable bonds is 6. The van der Waals surface area contributed by atoms with Gasteiger partial charge in [-0.15, -0.1) is 0 Å². The number of esters is 1. The average molecular weight is 267 g/mol. The van der Waals surface area contributed by atoms with Crippen molar-refractivity contribution in [2.75, 3.05) is 32.2 Å². The maximum Gasteiger partial charge on any atom is 0.411 e. The Morgan fingerprint density at radius 3 is 2.37 bits per heavy atom. The van der Waals surface area contributed by atoms with E-state index in [0.717, 1.165) is 0 Å². The second kappa shape index (κ2) is 8.10. The van der Waals surface area contributed by atoms with Gasteiger partial charge in [0, 0.05) is 12.8 Å². The second-order valence-corrected chi connectivity index (χ2v) is 3.55. The third-order valence-electron chi connectivity index (χ3n) is 2.16. The summed E-state index contributed by atoms with van der Waals surface area (Å²) in [7, 11) is 1.52. The SMILES string of the molecule is CCOC(=O)c1ccc(NC(=O)OCCOC)cc1. The number of carbonyl (C=O) groups excluding carboxylic acids is 2. The van der Waals surface area contributed by atoms with Gasteiger partial charge in [0.05, 0.1) is 18.8 Å². The van der Waals surface area contributed by atoms with Crippen molar-refractivity contribution in [1.29, 1.82) is 0 Å². The number of nitrogens with one attached hydrogen (secondary N) is 1. The maximum atomic E-state index is 11.4. The molecule has 0 bridgehead atoms. The molecule has 0 spiro atoms. The van der Waals surface area contributed by atoms with Crippen LogP contribution in [0.15, 0.2) is 24.3 Å². The van der Waals surface area contributed by atoms with Gasteiger partial charge in [0.15, 0.2) is 0 Å². The highest BCUT2D eigenvalue weighted by atomic mass is 16.6. The van der Waals surface area contributed by atoms with Crippen LogP contribution in [0.25, 0.3) is 0 Å². The molecule has 0 aromatic heterocycles. The molecule has 1 aromatic carbocycles. The zero-order valence-corrected chi connectivity index (χ0v) is 11.0. The summed E-state index contributed by atoms with van der Waals surface area (Å²) >= 11 is 0. The van der Waals surface area contributed by atoms with Gasteiger partial charge in [-0.1, -0.05) is 0 Å². The lowest BCUT2D eigenvalue weighted by Gasteiger charge is -2.07. The second-order valence-electron chi connectivity index (χ2n) is 3.55. The highest BCUT2D eigenvalue weighted by Crippen LogP contribution is 2.10. The molecule has 0 radical (unpaired) electrons. The van der Waals surface area contributed by atoms with Gasteiger partial charge in [-0.25, -0.2) is 9.59 Å². The Morgan fingerprint density at radius 1 is 1.11 bits per heavy atom. The Balaban J connectivity index is 2.47. The number of ether oxygens (including phenoxy) is 3. The van der Waals surface area contributed by atoms with Gasteiger partial charge in [-0.2, -0.15) is 0 Å². The van der Waals surface area contributed by atoms with Crippen molar-refractivity contribution in [3.05, 3.63) is 29.8 Å². The zero-order chi connectivity index (χ0) is 14.1. The van der Waals surface area contributed by atoms with Gasteiger partial charge < -0.3 is 14.2 Å². The van der Waals surface area contributed by atoms with Crippen LogP contribution in [0, 0.1) is 0 Å². The number of carbonyl (C=O) groups is 2. The quantitative estimate of drug-likeness (QED) is 0.630. The molecule has 0 atom stereocenters. The minimum Gasteiger partial charge on any atom is -0.462 e. The normalized spacial score (nSPS) is 9.79. The van der Waals surface area contributed by atoms with E-state index in [2.05, 4.69) is 5.32 Å². The number of anilines is 1. The van der Waals surface area contributed by atoms with Gasteiger partial charge in [-0.3, -0.25) is 5.32 Å². The zero-order valence-electron chi connectivity index (χ0n) is 11.0. The Bertz CT molecular complexity index is 416. The summed E-state index contributed by atoms with van der Waals surface area (Å²) in [6.07, 6.45) is -0.569. The molecule has 0 aliphatic heterocycles. The summed E-state index contributed by atoms with van der Waals surface area (Å²) in [6, 6.07) is 6.35. The smallest absolute Gasteiger partial charge is 0.411 e. The minimum atomic E-state index is -0.569. The number of amides is 1. The molecule has 0 saturated carbocycles. The molecule has 1 N–H and O–H groups in total. The first-order valence-electron chi connectivity index (χ1n) is 5.87. The molecular weight excluding hydrogens is 250 g/mol. The topological polar surface area (TPSA) is 73.9 Å². The fraction of sp³-hybridized carbons (Fsp3) is 0.385. The highest BCUT2D eigenvalue weighted by molar-refractivity contribution is 5.91. The molecule has 1 rings (SSSR count). The number of hydrogen-bond donors (Lipinski definition) is 1. The van der Waals surface area contributed by atoms with Crippen LogP contribution < -0.4 is 5.32 Å². The van der Waals surface area contributed by atoms with Crippen LogP contribution in [0.5, 0.6) is 0 Å². The minimum absolute atomic E-state index is 0.184. The summed E-state index contributed by atoms with van der Waals surface area (Å²) in [5.41, 5.74) is 0.968. The van der Waals surface area contributed by atoms with Crippen molar-refractivity contribution in [3.8, 4) is 0 Å². The molecule has 1 amide bonds. The Hall–Kier alpha value is -2.08. The number of methoxy groups -OCH3 is 1. The molecule has 0 unspecified atom stereocenters. The lowest BCUT2D eigenvalue weighted by molar-refractivity contribution is 0.0526. The molecule has 19 heavy (non-hydrogen) atoms. The summed E-state index contributed by atoms with van der Waals surface area (Å²) in [4.78, 5) is 22.7. The van der Waals surface area contributed by atoms with Gasteiger partial charge >= 0.3 is 12.1 Å². The van der Waals surface area contributed by atoms with E-state index < -0.39 is 12.1 Å².